The van der Waals surface area contributed by atoms with Crippen LogP contribution in [-0.2, 0) is 9.47 Å². The number of imide groups is 1. The number of nitrogens with zero attached hydrogens (tertiary/aromatic N) is 1. The maximum atomic E-state index is 11.5. The van der Waals surface area contributed by atoms with E-state index in [2.05, 4.69) is 15.4 Å². The summed E-state index contributed by atoms with van der Waals surface area (Å²) >= 11 is 0. The number of amidine groups is 1. The Labute approximate surface area is 93.4 Å². The molecule has 4 amide bonds. The van der Waals surface area contributed by atoms with Crippen molar-refractivity contribution in [1.29, 1.82) is 5.41 Å². The summed E-state index contributed by atoms with van der Waals surface area (Å²) in [5.74, 6) is 0. The normalized spacial score (nSPS) is 9.19. The molecule has 0 aromatic rings. The average Bonchev–Trinajstić information content (AvgIpc) is 2.29. The summed E-state index contributed by atoms with van der Waals surface area (Å²) in [7, 11) is 4.03. The molecular weight excluding hydrogens is 216 g/mol. The Balaban J connectivity index is 4.45. The van der Waals surface area contributed by atoms with E-state index in [4.69, 9.17) is 10.1 Å². The van der Waals surface area contributed by atoms with Crippen molar-refractivity contribution in [3.05, 3.63) is 0 Å². The average molecular weight is 232 g/mol. The van der Waals surface area contributed by atoms with Crippen LogP contribution in [-0.4, -0.2) is 57.4 Å². The van der Waals surface area contributed by atoms with Gasteiger partial charge in [-0.2, -0.15) is 4.90 Å². The predicted octanol–water partition coefficient (Wildman–Crippen LogP) is -0.435. The third kappa shape index (κ3) is 4.13. The highest BCUT2D eigenvalue weighted by Gasteiger charge is 2.25. The number of carbonyl (C=O) groups excluding carboxylic acids is 2. The maximum absolute atomic E-state index is 11.5. The number of nitrogens with one attached hydrogen (secondary N) is 3. The summed E-state index contributed by atoms with van der Waals surface area (Å²) in [5.41, 5.74) is 0. The van der Waals surface area contributed by atoms with Gasteiger partial charge in [0.25, 0.3) is 0 Å². The van der Waals surface area contributed by atoms with Crippen LogP contribution in [0, 0.1) is 5.41 Å². The summed E-state index contributed by atoms with van der Waals surface area (Å²) in [6.07, 6.45) is 0. The van der Waals surface area contributed by atoms with E-state index >= 15 is 0 Å². The fourth-order valence-corrected chi connectivity index (χ4v) is 0.819. The van der Waals surface area contributed by atoms with Crippen molar-refractivity contribution < 1.29 is 19.1 Å². The van der Waals surface area contributed by atoms with Gasteiger partial charge in [0, 0.05) is 20.7 Å². The quantitative estimate of drug-likeness (QED) is 0.349. The topological polar surface area (TPSA) is 104 Å². The lowest BCUT2D eigenvalue weighted by Gasteiger charge is -2.19. The van der Waals surface area contributed by atoms with Gasteiger partial charge in [-0.25, -0.2) is 9.59 Å². The van der Waals surface area contributed by atoms with Crippen LogP contribution >= 0.6 is 0 Å². The van der Waals surface area contributed by atoms with Crippen LogP contribution in [0.5, 0.6) is 0 Å². The van der Waals surface area contributed by atoms with Crippen molar-refractivity contribution in [2.24, 2.45) is 0 Å². The van der Waals surface area contributed by atoms with E-state index in [0.29, 0.717) is 11.5 Å². The van der Waals surface area contributed by atoms with E-state index in [1.54, 1.807) is 0 Å². The molecule has 3 N–H and O–H groups in total. The number of methoxy groups -OCH3 is 2. The first kappa shape index (κ1) is 14.2. The number of hydrogen-bond acceptors (Lipinski definition) is 5. The minimum atomic E-state index is -0.748. The first-order valence-electron chi connectivity index (χ1n) is 4.49. The highest BCUT2D eigenvalue weighted by atomic mass is 16.5. The van der Waals surface area contributed by atoms with Gasteiger partial charge < -0.3 is 20.1 Å². The van der Waals surface area contributed by atoms with Crippen molar-refractivity contribution in [1.82, 2.24) is 15.5 Å². The van der Waals surface area contributed by atoms with Crippen molar-refractivity contribution in [2.75, 3.05) is 34.4 Å². The molecule has 92 valence electrons. The van der Waals surface area contributed by atoms with Crippen LogP contribution in [0.1, 0.15) is 0 Å². The van der Waals surface area contributed by atoms with Gasteiger partial charge in [0.1, 0.15) is 0 Å². The van der Waals surface area contributed by atoms with Gasteiger partial charge in [-0.1, -0.05) is 0 Å². The van der Waals surface area contributed by atoms with Crippen molar-refractivity contribution >= 4 is 18.1 Å². The predicted molar refractivity (Wildman–Crippen MR) is 56.3 cm³/mol. The minimum Gasteiger partial charge on any atom is -0.468 e. The molecule has 8 heteroatoms. The van der Waals surface area contributed by atoms with Crippen LogP contribution in [0.3, 0.4) is 0 Å². The van der Waals surface area contributed by atoms with Crippen LogP contribution in [0.2, 0.25) is 0 Å². The van der Waals surface area contributed by atoms with Gasteiger partial charge in [0.2, 0.25) is 0 Å². The zero-order chi connectivity index (χ0) is 12.6. The van der Waals surface area contributed by atoms with Crippen LogP contribution in [0.25, 0.3) is 0 Å². The molecule has 0 aromatic heterocycles. The Hall–Kier alpha value is -1.83. The first-order chi connectivity index (χ1) is 7.58. The standard InChI is InChI=1S/C8H16N4O4/c1-10-7(13)12(6(9)16-3)8(14)11-4-5-15-2/h9H,4-5H2,1-3H3,(H,10,13)(H,11,14). The van der Waals surface area contributed by atoms with Crippen molar-refractivity contribution in [3.8, 4) is 0 Å². The molecule has 0 aliphatic rings. The molecule has 0 radical (unpaired) electrons. The summed E-state index contributed by atoms with van der Waals surface area (Å²) in [6, 6.07) is -2.06. The van der Waals surface area contributed by atoms with Crippen LogP contribution in [0.4, 0.5) is 9.59 Å². The smallest absolute Gasteiger partial charge is 0.334 e. The van der Waals surface area contributed by atoms with Crippen molar-refractivity contribution in [2.45, 2.75) is 0 Å². The van der Waals surface area contributed by atoms with E-state index in [1.807, 2.05) is 0 Å². The molecule has 0 rings (SSSR count). The van der Waals surface area contributed by atoms with Gasteiger partial charge in [-0.15, -0.1) is 0 Å². The number of hydrogen-bond donors (Lipinski definition) is 3. The van der Waals surface area contributed by atoms with E-state index in [-0.39, 0.29) is 6.54 Å². The van der Waals surface area contributed by atoms with Crippen LogP contribution in [0.15, 0.2) is 0 Å². The molecule has 0 spiro atoms. The largest absolute Gasteiger partial charge is 0.468 e. The second-order valence-corrected chi connectivity index (χ2v) is 2.62. The molecular formula is C8H16N4O4. The number of amides is 4. The fraction of sp³-hybridized carbons (Fsp3) is 0.625. The van der Waals surface area contributed by atoms with E-state index in [9.17, 15) is 9.59 Å². The van der Waals surface area contributed by atoms with Gasteiger partial charge in [-0.3, -0.25) is 5.41 Å². The van der Waals surface area contributed by atoms with E-state index in [1.165, 1.54) is 21.3 Å². The van der Waals surface area contributed by atoms with E-state index in [0.717, 1.165) is 0 Å². The van der Waals surface area contributed by atoms with E-state index < -0.39 is 18.1 Å². The summed E-state index contributed by atoms with van der Waals surface area (Å²) in [4.78, 5) is 23.3. The Morgan fingerprint density at radius 2 is 1.94 bits per heavy atom. The second kappa shape index (κ2) is 7.46. The Bertz CT molecular complexity index is 253. The van der Waals surface area contributed by atoms with Gasteiger partial charge >= 0.3 is 18.1 Å². The Morgan fingerprint density at radius 3 is 2.38 bits per heavy atom. The maximum Gasteiger partial charge on any atom is 0.334 e. The molecule has 0 fully saturated rings. The molecule has 0 aliphatic heterocycles. The van der Waals surface area contributed by atoms with Crippen LogP contribution < -0.4 is 10.6 Å². The minimum absolute atomic E-state index is 0.236. The van der Waals surface area contributed by atoms with Crippen molar-refractivity contribution in [3.63, 3.8) is 0 Å². The zero-order valence-corrected chi connectivity index (χ0v) is 9.49. The molecule has 0 atom stereocenters. The summed E-state index contributed by atoms with van der Waals surface area (Å²) < 4.78 is 9.25. The summed E-state index contributed by atoms with van der Waals surface area (Å²) in [5, 5.41) is 11.9. The molecule has 0 aliphatic carbocycles. The number of urea groups is 2. The molecule has 16 heavy (non-hydrogen) atoms. The highest BCUT2D eigenvalue weighted by molar-refractivity contribution is 6.08. The lowest BCUT2D eigenvalue weighted by atomic mass is 10.6. The molecule has 0 bridgehead atoms. The second-order valence-electron chi connectivity index (χ2n) is 2.62. The van der Waals surface area contributed by atoms with Gasteiger partial charge in [0.15, 0.2) is 0 Å². The molecule has 0 saturated heterocycles. The molecule has 0 saturated carbocycles. The third-order valence-corrected chi connectivity index (χ3v) is 1.60. The third-order valence-electron chi connectivity index (χ3n) is 1.60. The molecule has 0 unspecified atom stereocenters. The number of ether oxygens (including phenoxy) is 2. The lowest BCUT2D eigenvalue weighted by molar-refractivity contribution is 0.182. The highest BCUT2D eigenvalue weighted by Crippen LogP contribution is 1.93. The number of rotatable bonds is 3. The molecule has 8 nitrogen and oxygen atoms in total. The Morgan fingerprint density at radius 1 is 1.31 bits per heavy atom. The van der Waals surface area contributed by atoms with Gasteiger partial charge in [0.05, 0.1) is 13.7 Å². The SMILES string of the molecule is CNC(=O)N(C(=N)OC)C(=O)NCCOC. The lowest BCUT2D eigenvalue weighted by Crippen LogP contribution is -2.51. The molecule has 0 heterocycles. The van der Waals surface area contributed by atoms with Gasteiger partial charge in [-0.05, 0) is 0 Å². The monoisotopic (exact) mass is 232 g/mol. The Kier molecular flexibility index (Phi) is 6.61. The number of carbonyl (C=O) groups is 2. The molecule has 0 aromatic carbocycles. The summed E-state index contributed by atoms with van der Waals surface area (Å²) in [6.45, 7) is 0.549. The first-order valence-corrected chi connectivity index (χ1v) is 4.49. The fourth-order valence-electron chi connectivity index (χ4n) is 0.819. The zero-order valence-electron chi connectivity index (χ0n) is 9.49.